The minimum atomic E-state index is 0. The van der Waals surface area contributed by atoms with Gasteiger partial charge in [-0.2, -0.15) is 0 Å². The highest BCUT2D eigenvalue weighted by Crippen LogP contribution is 2.07. The molecule has 4 heteroatoms. The molecule has 0 aromatic rings. The maximum absolute atomic E-state index is 5.18. The number of nitrogens with one attached hydrogen (secondary N) is 1. The Bertz CT molecular complexity index is 111. The maximum Gasteiger partial charge on any atom is 0.338 e. The van der Waals surface area contributed by atoms with Crippen LogP contribution in [-0.2, 0) is 0 Å². The highest BCUT2D eigenvalue weighted by molar-refractivity contribution is 5.69. The van der Waals surface area contributed by atoms with Crippen molar-refractivity contribution in [3.8, 4) is 0 Å². The Morgan fingerprint density at radius 1 is 1.30 bits per heavy atom. The lowest BCUT2D eigenvalue weighted by atomic mass is 9.97. The number of guanidine groups is 1. The molecule has 0 saturated heterocycles. The van der Waals surface area contributed by atoms with E-state index >= 15 is 0 Å². The van der Waals surface area contributed by atoms with Crippen molar-refractivity contribution in [2.75, 3.05) is 6.54 Å². The van der Waals surface area contributed by atoms with Gasteiger partial charge in [-0.3, -0.25) is 16.5 Å². The van der Waals surface area contributed by atoms with Gasteiger partial charge in [0.05, 0.1) is 6.54 Å². The van der Waals surface area contributed by atoms with Crippen molar-refractivity contribution in [2.24, 2.45) is 16.9 Å². The van der Waals surface area contributed by atoms with Gasteiger partial charge in [-0.25, -0.2) is 0 Å². The van der Waals surface area contributed by atoms with E-state index in [1.165, 1.54) is 0 Å². The van der Waals surface area contributed by atoms with E-state index in [4.69, 9.17) is 11.5 Å². The molecule has 0 unspecified atom stereocenters. The zero-order chi connectivity index (χ0) is 7.49. The van der Waals surface area contributed by atoms with Gasteiger partial charge in [0.25, 0.3) is 0 Å². The predicted octanol–water partition coefficient (Wildman–Crippen LogP) is -4.61. The molecule has 0 heterocycles. The summed E-state index contributed by atoms with van der Waals surface area (Å²) in [6, 6.07) is 0. The van der Waals surface area contributed by atoms with Crippen LogP contribution in [0.25, 0.3) is 0 Å². The van der Waals surface area contributed by atoms with E-state index in [0.717, 1.165) is 6.54 Å². The highest BCUT2D eigenvalue weighted by Gasteiger charge is 2.08. The largest absolute Gasteiger partial charge is 1.00 e. The summed E-state index contributed by atoms with van der Waals surface area (Å²) in [5.74, 6) is 0.296. The highest BCUT2D eigenvalue weighted by atomic mass is 35.5. The molecule has 0 amide bonds. The van der Waals surface area contributed by atoms with Gasteiger partial charge in [0, 0.05) is 0 Å². The Balaban J connectivity index is 0. The van der Waals surface area contributed by atoms with Crippen LogP contribution >= 0.6 is 0 Å². The van der Waals surface area contributed by atoms with Crippen molar-refractivity contribution in [1.82, 2.24) is 0 Å². The average molecular weight is 166 g/mol. The fraction of sp³-hybridized carbons (Fsp3) is 0.833. The summed E-state index contributed by atoms with van der Waals surface area (Å²) in [6.45, 7) is 7.16. The maximum atomic E-state index is 5.18. The van der Waals surface area contributed by atoms with Crippen LogP contribution in [-0.4, -0.2) is 12.5 Å². The minimum absolute atomic E-state index is 0. The van der Waals surface area contributed by atoms with E-state index in [9.17, 15) is 0 Å². The third-order valence-electron chi connectivity index (χ3n) is 0.823. The van der Waals surface area contributed by atoms with Crippen LogP contribution in [0.4, 0.5) is 0 Å². The van der Waals surface area contributed by atoms with Crippen molar-refractivity contribution in [3.05, 3.63) is 0 Å². The summed E-state index contributed by atoms with van der Waals surface area (Å²) in [7, 11) is 0. The zero-order valence-corrected chi connectivity index (χ0v) is 7.50. The molecule has 0 rings (SSSR count). The fourth-order valence-electron chi connectivity index (χ4n) is 0.367. The molecule has 0 aromatic heterocycles. The lowest BCUT2D eigenvalue weighted by Gasteiger charge is -2.12. The molecule has 10 heavy (non-hydrogen) atoms. The monoisotopic (exact) mass is 165 g/mol. The van der Waals surface area contributed by atoms with Gasteiger partial charge < -0.3 is 12.4 Å². The number of hydrogen-bond acceptors (Lipinski definition) is 0. The molecule has 0 aliphatic carbocycles. The summed E-state index contributed by atoms with van der Waals surface area (Å²) < 4.78 is 0. The van der Waals surface area contributed by atoms with E-state index in [0.29, 0.717) is 5.96 Å². The third kappa shape index (κ3) is 10.5. The van der Waals surface area contributed by atoms with Gasteiger partial charge in [-0.1, -0.05) is 20.8 Å². The van der Waals surface area contributed by atoms with Crippen LogP contribution in [0.2, 0.25) is 0 Å². The first-order valence-electron chi connectivity index (χ1n) is 3.03. The molecule has 0 atom stereocenters. The molecule has 0 aromatic carbocycles. The van der Waals surface area contributed by atoms with E-state index in [2.05, 4.69) is 25.8 Å². The van der Waals surface area contributed by atoms with Crippen molar-refractivity contribution < 1.29 is 17.4 Å². The Morgan fingerprint density at radius 2 is 1.70 bits per heavy atom. The Morgan fingerprint density at radius 3 is 1.80 bits per heavy atom. The first-order chi connectivity index (χ1) is 3.92. The normalized spacial score (nSPS) is 9.90. The molecule has 0 fully saturated rings. The summed E-state index contributed by atoms with van der Waals surface area (Å²) in [5, 5.41) is 0. The topological polar surface area (TPSA) is 66.0 Å². The van der Waals surface area contributed by atoms with E-state index in [1.807, 2.05) is 0 Å². The summed E-state index contributed by atoms with van der Waals surface area (Å²) in [4.78, 5) is 2.86. The molecule has 5 N–H and O–H groups in total. The lowest BCUT2D eigenvalue weighted by Crippen LogP contribution is -3.00. The first-order valence-corrected chi connectivity index (χ1v) is 3.03. The van der Waals surface area contributed by atoms with Crippen LogP contribution in [0, 0.1) is 5.41 Å². The number of nitrogens with two attached hydrogens (primary N) is 2. The van der Waals surface area contributed by atoms with Gasteiger partial charge in [0.1, 0.15) is 0 Å². The second-order valence-electron chi connectivity index (χ2n) is 3.37. The SMILES string of the molecule is CC(C)(C)C[NH+]=C(N)N.[Cl-]. The quantitative estimate of drug-likeness (QED) is 0.271. The zero-order valence-electron chi connectivity index (χ0n) is 6.74. The van der Waals surface area contributed by atoms with Crippen molar-refractivity contribution in [1.29, 1.82) is 0 Å². The second-order valence-corrected chi connectivity index (χ2v) is 3.37. The third-order valence-corrected chi connectivity index (χ3v) is 0.823. The molecule has 0 aliphatic heterocycles. The van der Waals surface area contributed by atoms with Gasteiger partial charge in [0.2, 0.25) is 0 Å². The van der Waals surface area contributed by atoms with E-state index in [1.54, 1.807) is 0 Å². The van der Waals surface area contributed by atoms with Gasteiger partial charge >= 0.3 is 5.96 Å². The number of rotatable bonds is 1. The molecule has 62 valence electrons. The summed E-state index contributed by atoms with van der Waals surface area (Å²) >= 11 is 0. The smallest absolute Gasteiger partial charge is 0.338 e. The lowest BCUT2D eigenvalue weighted by molar-refractivity contribution is -0.475. The van der Waals surface area contributed by atoms with Crippen LogP contribution < -0.4 is 28.9 Å². The van der Waals surface area contributed by atoms with E-state index in [-0.39, 0.29) is 17.8 Å². The Labute approximate surface area is 68.3 Å². The summed E-state index contributed by atoms with van der Waals surface area (Å²) in [5.41, 5.74) is 10.6. The molecule has 3 nitrogen and oxygen atoms in total. The van der Waals surface area contributed by atoms with Crippen LogP contribution in [0.3, 0.4) is 0 Å². The van der Waals surface area contributed by atoms with E-state index < -0.39 is 0 Å². The Hall–Kier alpha value is -0.440. The second kappa shape index (κ2) is 4.39. The first kappa shape index (κ1) is 12.3. The fourth-order valence-corrected chi connectivity index (χ4v) is 0.367. The molecule has 0 aliphatic rings. The number of halogens is 1. The summed E-state index contributed by atoms with van der Waals surface area (Å²) in [6.07, 6.45) is 0. The standard InChI is InChI=1S/C6H15N3.ClH/c1-6(2,3)4-9-5(7)8;/h4H2,1-3H3,(H4,7,8,9);1H. The van der Waals surface area contributed by atoms with Crippen molar-refractivity contribution in [3.63, 3.8) is 0 Å². The molecule has 0 radical (unpaired) electrons. The van der Waals surface area contributed by atoms with Gasteiger partial charge in [0.15, 0.2) is 0 Å². The molecule has 0 saturated carbocycles. The molecule has 0 spiro atoms. The van der Waals surface area contributed by atoms with Gasteiger partial charge in [-0.05, 0) is 5.41 Å². The van der Waals surface area contributed by atoms with Gasteiger partial charge in [-0.15, -0.1) is 0 Å². The molecule has 0 bridgehead atoms. The predicted molar refractivity (Wildman–Crippen MR) is 38.7 cm³/mol. The molecular formula is C6H16ClN3. The average Bonchev–Trinajstić information content (AvgIpc) is 1.59. The Kier molecular flexibility index (Phi) is 5.38. The number of hydrogen-bond donors (Lipinski definition) is 3. The minimum Gasteiger partial charge on any atom is -1.00 e. The van der Waals surface area contributed by atoms with Crippen LogP contribution in [0.5, 0.6) is 0 Å². The molecular weight excluding hydrogens is 150 g/mol. The van der Waals surface area contributed by atoms with Crippen LogP contribution in [0.1, 0.15) is 20.8 Å². The van der Waals surface area contributed by atoms with Crippen LogP contribution in [0.15, 0.2) is 0 Å². The van der Waals surface area contributed by atoms with Crippen molar-refractivity contribution in [2.45, 2.75) is 20.8 Å². The van der Waals surface area contributed by atoms with Crippen molar-refractivity contribution >= 4 is 5.96 Å².